The van der Waals surface area contributed by atoms with Crippen molar-refractivity contribution in [2.24, 2.45) is 0 Å². The van der Waals surface area contributed by atoms with Crippen LogP contribution in [0.3, 0.4) is 0 Å². The van der Waals surface area contributed by atoms with Crippen molar-refractivity contribution in [1.29, 1.82) is 0 Å². The van der Waals surface area contributed by atoms with Crippen molar-refractivity contribution >= 4 is 16.9 Å². The summed E-state index contributed by atoms with van der Waals surface area (Å²) in [5.74, 6) is 0.868. The smallest absolute Gasteiger partial charge is 0.226 e. The first-order valence-electron chi connectivity index (χ1n) is 11.6. The van der Waals surface area contributed by atoms with E-state index in [4.69, 9.17) is 9.97 Å². The lowest BCUT2D eigenvalue weighted by Crippen LogP contribution is -2.47. The van der Waals surface area contributed by atoms with Gasteiger partial charge in [0.2, 0.25) is 5.95 Å². The average molecular weight is 403 g/mol. The number of hydrogen-bond donors (Lipinski definition) is 0. The quantitative estimate of drug-likeness (QED) is 0.453. The summed E-state index contributed by atoms with van der Waals surface area (Å²) in [6, 6.07) is 17.0. The van der Waals surface area contributed by atoms with Crippen LogP contribution in [-0.4, -0.2) is 47.6 Å². The van der Waals surface area contributed by atoms with Crippen LogP contribution in [0.15, 0.2) is 48.5 Å². The van der Waals surface area contributed by atoms with Crippen LogP contribution in [0.1, 0.15) is 44.6 Å². The molecule has 4 nitrogen and oxygen atoms in total. The summed E-state index contributed by atoms with van der Waals surface area (Å²) in [6.07, 6.45) is 6.75. The van der Waals surface area contributed by atoms with Crippen LogP contribution in [0.4, 0.5) is 5.95 Å². The Morgan fingerprint density at radius 3 is 2.37 bits per heavy atom. The first-order chi connectivity index (χ1) is 14.7. The second-order valence-electron chi connectivity index (χ2n) is 8.50. The highest BCUT2D eigenvalue weighted by Crippen LogP contribution is 2.29. The second-order valence-corrected chi connectivity index (χ2v) is 8.50. The second kappa shape index (κ2) is 10.0. The maximum atomic E-state index is 5.05. The van der Waals surface area contributed by atoms with Gasteiger partial charge in [0.05, 0.1) is 11.2 Å². The van der Waals surface area contributed by atoms with E-state index in [-0.39, 0.29) is 0 Å². The van der Waals surface area contributed by atoms with E-state index in [1.165, 1.54) is 44.2 Å². The van der Waals surface area contributed by atoms with E-state index in [1.807, 2.05) is 0 Å². The third-order valence-electron chi connectivity index (χ3n) is 6.12. The maximum absolute atomic E-state index is 5.05. The number of unbranched alkanes of at least 4 members (excludes halogenated alkanes) is 4. The minimum atomic E-state index is 0.868. The standard InChI is InChI=1S/C26H34N4/c1-3-4-5-6-10-15-29-16-18-30(19-17-29)26-27-24-14-13-21(2)20-23(24)25(28-26)22-11-8-7-9-12-22/h7-9,11-14,20H,3-6,10,15-19H2,1-2H3. The largest absolute Gasteiger partial charge is 0.338 e. The number of anilines is 1. The third kappa shape index (κ3) is 4.99. The van der Waals surface area contributed by atoms with Crippen LogP contribution >= 0.6 is 0 Å². The summed E-state index contributed by atoms with van der Waals surface area (Å²) in [6.45, 7) is 9.83. The molecule has 0 aliphatic carbocycles. The molecule has 0 N–H and O–H groups in total. The van der Waals surface area contributed by atoms with Crippen LogP contribution < -0.4 is 4.90 Å². The van der Waals surface area contributed by atoms with Gasteiger partial charge in [0.25, 0.3) is 0 Å². The van der Waals surface area contributed by atoms with Crippen LogP contribution in [0, 0.1) is 6.92 Å². The molecular formula is C26H34N4. The van der Waals surface area contributed by atoms with Crippen LogP contribution in [-0.2, 0) is 0 Å². The Bertz CT molecular complexity index is 946. The molecule has 1 aromatic heterocycles. The number of benzene rings is 2. The molecule has 0 saturated carbocycles. The van der Waals surface area contributed by atoms with Gasteiger partial charge in [0.1, 0.15) is 0 Å². The molecule has 0 unspecified atom stereocenters. The predicted octanol–water partition coefficient (Wildman–Crippen LogP) is 5.70. The zero-order valence-corrected chi connectivity index (χ0v) is 18.5. The normalized spacial score (nSPS) is 15.1. The highest BCUT2D eigenvalue weighted by molar-refractivity contribution is 5.93. The first kappa shape index (κ1) is 20.8. The summed E-state index contributed by atoms with van der Waals surface area (Å²) in [4.78, 5) is 15.0. The molecule has 1 aliphatic rings. The summed E-state index contributed by atoms with van der Waals surface area (Å²) in [5, 5.41) is 1.13. The van der Waals surface area contributed by atoms with E-state index in [1.54, 1.807) is 0 Å². The fourth-order valence-corrected chi connectivity index (χ4v) is 4.30. The number of hydrogen-bond acceptors (Lipinski definition) is 4. The van der Waals surface area contributed by atoms with Crippen molar-refractivity contribution in [3.8, 4) is 11.3 Å². The fraction of sp³-hybridized carbons (Fsp3) is 0.462. The number of aromatic nitrogens is 2. The van der Waals surface area contributed by atoms with Gasteiger partial charge in [-0.05, 0) is 32.0 Å². The molecule has 4 heteroatoms. The highest BCUT2D eigenvalue weighted by atomic mass is 15.3. The van der Waals surface area contributed by atoms with Gasteiger partial charge in [0, 0.05) is 37.1 Å². The monoisotopic (exact) mass is 402 g/mol. The summed E-state index contributed by atoms with van der Waals surface area (Å²) < 4.78 is 0. The van der Waals surface area contributed by atoms with Crippen LogP contribution in [0.25, 0.3) is 22.2 Å². The Kier molecular flexibility index (Phi) is 6.96. The molecule has 0 amide bonds. The molecule has 2 aromatic carbocycles. The molecule has 30 heavy (non-hydrogen) atoms. The van der Waals surface area contributed by atoms with Crippen LogP contribution in [0.5, 0.6) is 0 Å². The fourth-order valence-electron chi connectivity index (χ4n) is 4.30. The Labute approximate surface area is 181 Å². The van der Waals surface area contributed by atoms with Gasteiger partial charge in [-0.25, -0.2) is 9.97 Å². The molecular weight excluding hydrogens is 368 g/mol. The summed E-state index contributed by atoms with van der Waals surface area (Å²) in [5.41, 5.74) is 4.46. The third-order valence-corrected chi connectivity index (χ3v) is 6.12. The lowest BCUT2D eigenvalue weighted by Gasteiger charge is -2.35. The van der Waals surface area contributed by atoms with E-state index in [2.05, 4.69) is 72.2 Å². The molecule has 3 aromatic rings. The number of piperazine rings is 1. The Balaban J connectivity index is 1.49. The van der Waals surface area contributed by atoms with Gasteiger partial charge in [-0.1, -0.05) is 74.6 Å². The number of nitrogens with zero attached hydrogens (tertiary/aromatic N) is 4. The summed E-state index contributed by atoms with van der Waals surface area (Å²) in [7, 11) is 0. The molecule has 0 spiro atoms. The van der Waals surface area contributed by atoms with Gasteiger partial charge in [-0.15, -0.1) is 0 Å². The Morgan fingerprint density at radius 1 is 0.833 bits per heavy atom. The van der Waals surface area contributed by atoms with Gasteiger partial charge < -0.3 is 4.90 Å². The van der Waals surface area contributed by atoms with Crippen molar-refractivity contribution in [1.82, 2.24) is 14.9 Å². The molecule has 0 radical (unpaired) electrons. The Morgan fingerprint density at radius 2 is 1.60 bits per heavy atom. The topological polar surface area (TPSA) is 32.3 Å². The van der Waals surface area contributed by atoms with E-state index in [0.29, 0.717) is 0 Å². The van der Waals surface area contributed by atoms with Crippen molar-refractivity contribution < 1.29 is 0 Å². The van der Waals surface area contributed by atoms with Gasteiger partial charge >= 0.3 is 0 Å². The average Bonchev–Trinajstić information content (AvgIpc) is 2.79. The lowest BCUT2D eigenvalue weighted by atomic mass is 10.0. The van der Waals surface area contributed by atoms with E-state index >= 15 is 0 Å². The van der Waals surface area contributed by atoms with Crippen molar-refractivity contribution in [3.05, 3.63) is 54.1 Å². The van der Waals surface area contributed by atoms with Gasteiger partial charge in [0.15, 0.2) is 0 Å². The van der Waals surface area contributed by atoms with Crippen molar-refractivity contribution in [2.45, 2.75) is 46.0 Å². The highest BCUT2D eigenvalue weighted by Gasteiger charge is 2.20. The minimum Gasteiger partial charge on any atom is -0.338 e. The molecule has 1 saturated heterocycles. The zero-order chi connectivity index (χ0) is 20.8. The molecule has 0 bridgehead atoms. The lowest BCUT2D eigenvalue weighted by molar-refractivity contribution is 0.251. The minimum absolute atomic E-state index is 0.868. The molecule has 2 heterocycles. The van der Waals surface area contributed by atoms with Gasteiger partial charge in [-0.2, -0.15) is 0 Å². The van der Waals surface area contributed by atoms with E-state index in [0.717, 1.165) is 54.3 Å². The van der Waals surface area contributed by atoms with Gasteiger partial charge in [-0.3, -0.25) is 4.90 Å². The predicted molar refractivity (Wildman–Crippen MR) is 127 cm³/mol. The number of fused-ring (bicyclic) bond motifs is 1. The number of aryl methyl sites for hydroxylation is 1. The molecule has 158 valence electrons. The first-order valence-corrected chi connectivity index (χ1v) is 11.6. The molecule has 1 fully saturated rings. The van der Waals surface area contributed by atoms with Crippen molar-refractivity contribution in [2.75, 3.05) is 37.6 Å². The van der Waals surface area contributed by atoms with E-state index in [9.17, 15) is 0 Å². The van der Waals surface area contributed by atoms with Crippen LogP contribution in [0.2, 0.25) is 0 Å². The molecule has 1 aliphatic heterocycles. The van der Waals surface area contributed by atoms with Crippen molar-refractivity contribution in [3.63, 3.8) is 0 Å². The SMILES string of the molecule is CCCCCCCN1CCN(c2nc(-c3ccccc3)c3cc(C)ccc3n2)CC1. The number of rotatable bonds is 8. The molecule has 0 atom stereocenters. The maximum Gasteiger partial charge on any atom is 0.226 e. The summed E-state index contributed by atoms with van der Waals surface area (Å²) >= 11 is 0. The Hall–Kier alpha value is -2.46. The molecule has 4 rings (SSSR count). The zero-order valence-electron chi connectivity index (χ0n) is 18.5. The van der Waals surface area contributed by atoms with E-state index < -0.39 is 0 Å².